The quantitative estimate of drug-likeness (QED) is 0.774. The number of ether oxygens (including phenoxy) is 1. The van der Waals surface area contributed by atoms with Crippen LogP contribution in [0.5, 0.6) is 0 Å². The van der Waals surface area contributed by atoms with Crippen molar-refractivity contribution in [3.05, 3.63) is 30.3 Å². The van der Waals surface area contributed by atoms with Gasteiger partial charge in [0.15, 0.2) is 0 Å². The van der Waals surface area contributed by atoms with E-state index in [2.05, 4.69) is 0 Å². The average Bonchev–Trinajstić information content (AvgIpc) is 2.88. The van der Waals surface area contributed by atoms with Gasteiger partial charge in [-0.2, -0.15) is 0 Å². The third-order valence-corrected chi connectivity index (χ3v) is 5.40. The Kier molecular flexibility index (Phi) is 5.51. The maximum atomic E-state index is 12.7. The SMILES string of the molecule is CC(C)[C@H]1COC(=O)N1C(=O)[C@H](C)[C@H](C)Sc1ccccc1. The van der Waals surface area contributed by atoms with Crippen molar-refractivity contribution in [2.45, 2.75) is 43.9 Å². The summed E-state index contributed by atoms with van der Waals surface area (Å²) in [5, 5.41) is 0.0797. The zero-order chi connectivity index (χ0) is 16.3. The van der Waals surface area contributed by atoms with Gasteiger partial charge in [-0.25, -0.2) is 9.69 Å². The molecule has 1 saturated heterocycles. The van der Waals surface area contributed by atoms with Gasteiger partial charge in [0.25, 0.3) is 0 Å². The van der Waals surface area contributed by atoms with Crippen molar-refractivity contribution in [3.8, 4) is 0 Å². The molecule has 22 heavy (non-hydrogen) atoms. The fourth-order valence-corrected chi connectivity index (χ4v) is 3.48. The minimum Gasteiger partial charge on any atom is -0.447 e. The van der Waals surface area contributed by atoms with E-state index in [-0.39, 0.29) is 29.0 Å². The molecule has 3 atom stereocenters. The standard InChI is InChI=1S/C17H23NO3S/c1-11(2)15-10-21-17(20)18(15)16(19)12(3)13(4)22-14-8-6-5-7-9-14/h5-9,11-13,15H,10H2,1-4H3/t12-,13+,15-/m1/s1. The molecule has 1 heterocycles. The van der Waals surface area contributed by atoms with Crippen molar-refractivity contribution in [1.82, 2.24) is 4.90 Å². The van der Waals surface area contributed by atoms with Gasteiger partial charge in [0.05, 0.1) is 6.04 Å². The zero-order valence-electron chi connectivity index (χ0n) is 13.5. The first-order valence-corrected chi connectivity index (χ1v) is 8.51. The predicted molar refractivity (Wildman–Crippen MR) is 87.7 cm³/mol. The number of amides is 2. The van der Waals surface area contributed by atoms with Gasteiger partial charge in [-0.15, -0.1) is 11.8 Å². The molecule has 0 unspecified atom stereocenters. The second-order valence-corrected chi connectivity index (χ2v) is 7.47. The minimum absolute atomic E-state index is 0.0797. The van der Waals surface area contributed by atoms with E-state index < -0.39 is 6.09 Å². The number of hydrogen-bond donors (Lipinski definition) is 0. The first-order chi connectivity index (χ1) is 10.4. The molecule has 1 aliphatic rings. The molecule has 0 bridgehead atoms. The van der Waals surface area contributed by atoms with Crippen molar-refractivity contribution in [1.29, 1.82) is 0 Å². The lowest BCUT2D eigenvalue weighted by Crippen LogP contribution is -2.46. The molecular formula is C17H23NO3S. The van der Waals surface area contributed by atoms with E-state index in [1.165, 1.54) is 4.90 Å². The highest BCUT2D eigenvalue weighted by atomic mass is 32.2. The molecule has 0 N–H and O–H groups in total. The van der Waals surface area contributed by atoms with Gasteiger partial charge >= 0.3 is 6.09 Å². The molecule has 1 fully saturated rings. The number of rotatable bonds is 5. The van der Waals surface area contributed by atoms with Crippen LogP contribution in [0.3, 0.4) is 0 Å². The fraction of sp³-hybridized carbons (Fsp3) is 0.529. The highest BCUT2D eigenvalue weighted by Crippen LogP contribution is 2.30. The van der Waals surface area contributed by atoms with Gasteiger partial charge in [-0.3, -0.25) is 4.79 Å². The highest BCUT2D eigenvalue weighted by molar-refractivity contribution is 8.00. The lowest BCUT2D eigenvalue weighted by atomic mass is 10.0. The summed E-state index contributed by atoms with van der Waals surface area (Å²) in [7, 11) is 0. The number of cyclic esters (lactones) is 1. The summed E-state index contributed by atoms with van der Waals surface area (Å²) in [6.07, 6.45) is -0.507. The van der Waals surface area contributed by atoms with Crippen LogP contribution in [0.4, 0.5) is 4.79 Å². The van der Waals surface area contributed by atoms with Gasteiger partial charge in [-0.1, -0.05) is 45.9 Å². The summed E-state index contributed by atoms with van der Waals surface area (Å²) in [6, 6.07) is 9.83. The number of hydrogen-bond acceptors (Lipinski definition) is 4. The van der Waals surface area contributed by atoms with E-state index in [9.17, 15) is 9.59 Å². The highest BCUT2D eigenvalue weighted by Gasteiger charge is 2.42. The molecule has 1 aromatic rings. The van der Waals surface area contributed by atoms with Crippen LogP contribution >= 0.6 is 11.8 Å². The minimum atomic E-state index is -0.507. The lowest BCUT2D eigenvalue weighted by molar-refractivity contribution is -0.133. The molecule has 1 aliphatic heterocycles. The molecule has 0 spiro atoms. The van der Waals surface area contributed by atoms with Crippen LogP contribution < -0.4 is 0 Å². The number of carbonyl (C=O) groups is 2. The molecule has 0 aliphatic carbocycles. The van der Waals surface area contributed by atoms with Gasteiger partial charge in [0.2, 0.25) is 5.91 Å². The number of benzene rings is 1. The summed E-state index contributed by atoms with van der Waals surface area (Å²) >= 11 is 1.65. The Morgan fingerprint density at radius 3 is 2.45 bits per heavy atom. The molecular weight excluding hydrogens is 298 g/mol. The van der Waals surface area contributed by atoms with E-state index in [1.54, 1.807) is 11.8 Å². The van der Waals surface area contributed by atoms with Crippen LogP contribution in [0.15, 0.2) is 35.2 Å². The summed E-state index contributed by atoms with van der Waals surface area (Å²) in [4.78, 5) is 27.0. The fourth-order valence-electron chi connectivity index (χ4n) is 2.42. The Morgan fingerprint density at radius 1 is 1.23 bits per heavy atom. The van der Waals surface area contributed by atoms with Crippen LogP contribution in [0, 0.1) is 11.8 Å². The van der Waals surface area contributed by atoms with Crippen molar-refractivity contribution in [2.75, 3.05) is 6.61 Å². The third kappa shape index (κ3) is 3.64. The number of nitrogens with zero attached hydrogens (tertiary/aromatic N) is 1. The molecule has 1 aromatic carbocycles. The summed E-state index contributed by atoms with van der Waals surface area (Å²) in [5.74, 6) is -0.200. The molecule has 0 saturated carbocycles. The molecule has 120 valence electrons. The second-order valence-electron chi connectivity index (χ2n) is 6.02. The van der Waals surface area contributed by atoms with E-state index in [0.29, 0.717) is 6.61 Å². The summed E-state index contributed by atoms with van der Waals surface area (Å²) in [5.41, 5.74) is 0. The maximum Gasteiger partial charge on any atom is 0.416 e. The Morgan fingerprint density at radius 2 is 1.86 bits per heavy atom. The Labute approximate surface area is 136 Å². The average molecular weight is 321 g/mol. The largest absolute Gasteiger partial charge is 0.447 e. The van der Waals surface area contributed by atoms with Gasteiger partial charge in [0, 0.05) is 16.1 Å². The van der Waals surface area contributed by atoms with Crippen molar-refractivity contribution in [3.63, 3.8) is 0 Å². The van der Waals surface area contributed by atoms with Crippen molar-refractivity contribution < 1.29 is 14.3 Å². The molecule has 0 aromatic heterocycles. The summed E-state index contributed by atoms with van der Waals surface area (Å²) in [6.45, 7) is 8.20. The normalized spacial score (nSPS) is 20.9. The second kappa shape index (κ2) is 7.18. The lowest BCUT2D eigenvalue weighted by Gasteiger charge is -2.27. The number of imide groups is 1. The van der Waals surface area contributed by atoms with Gasteiger partial charge in [-0.05, 0) is 18.1 Å². The smallest absolute Gasteiger partial charge is 0.416 e. The maximum absolute atomic E-state index is 12.7. The first-order valence-electron chi connectivity index (χ1n) is 7.63. The summed E-state index contributed by atoms with van der Waals surface area (Å²) < 4.78 is 5.07. The van der Waals surface area contributed by atoms with Crippen molar-refractivity contribution in [2.24, 2.45) is 11.8 Å². The van der Waals surface area contributed by atoms with E-state index >= 15 is 0 Å². The molecule has 5 heteroatoms. The zero-order valence-corrected chi connectivity index (χ0v) is 14.3. The van der Waals surface area contributed by atoms with E-state index in [0.717, 1.165) is 4.90 Å². The first kappa shape index (κ1) is 16.9. The molecule has 2 amide bonds. The Balaban J connectivity index is 2.06. The van der Waals surface area contributed by atoms with Crippen LogP contribution in [-0.4, -0.2) is 34.8 Å². The molecule has 0 radical (unpaired) electrons. The van der Waals surface area contributed by atoms with Crippen LogP contribution in [-0.2, 0) is 9.53 Å². The topological polar surface area (TPSA) is 46.6 Å². The number of carbonyl (C=O) groups excluding carboxylic acids is 2. The number of thioether (sulfide) groups is 1. The predicted octanol–water partition coefficient (Wildman–Crippen LogP) is 3.81. The monoisotopic (exact) mass is 321 g/mol. The molecule has 4 nitrogen and oxygen atoms in total. The van der Waals surface area contributed by atoms with Crippen LogP contribution in [0.25, 0.3) is 0 Å². The van der Waals surface area contributed by atoms with E-state index in [4.69, 9.17) is 4.74 Å². The van der Waals surface area contributed by atoms with Crippen LogP contribution in [0.1, 0.15) is 27.7 Å². The Hall–Kier alpha value is -1.49. The Bertz CT molecular complexity index is 532. The van der Waals surface area contributed by atoms with Crippen LogP contribution in [0.2, 0.25) is 0 Å². The van der Waals surface area contributed by atoms with Crippen molar-refractivity contribution >= 4 is 23.8 Å². The van der Waals surface area contributed by atoms with Gasteiger partial charge in [0.1, 0.15) is 6.61 Å². The van der Waals surface area contributed by atoms with E-state index in [1.807, 2.05) is 58.0 Å². The third-order valence-electron chi connectivity index (χ3n) is 4.07. The molecule has 2 rings (SSSR count). The van der Waals surface area contributed by atoms with Gasteiger partial charge < -0.3 is 4.74 Å².